The van der Waals surface area contributed by atoms with Crippen molar-refractivity contribution in [2.45, 2.75) is 43.3 Å². The van der Waals surface area contributed by atoms with Gasteiger partial charge in [-0.15, -0.1) is 0 Å². The Kier molecular flexibility index (Phi) is 6.75. The van der Waals surface area contributed by atoms with Crippen LogP contribution in [-0.2, 0) is 6.61 Å². The van der Waals surface area contributed by atoms with Gasteiger partial charge in [0, 0.05) is 12.5 Å². The van der Waals surface area contributed by atoms with Crippen molar-refractivity contribution in [2.75, 3.05) is 18.9 Å². The molecule has 5 N–H and O–H groups in total. The minimum atomic E-state index is -2.18. The third-order valence-electron chi connectivity index (χ3n) is 8.04. The van der Waals surface area contributed by atoms with Crippen molar-refractivity contribution >= 4 is 30.4 Å². The summed E-state index contributed by atoms with van der Waals surface area (Å²) in [6.45, 7) is 4.04. The van der Waals surface area contributed by atoms with Crippen LogP contribution in [0.15, 0.2) is 67.0 Å². The number of ether oxygens (including phenoxy) is 1. The molecule has 10 heteroatoms. The maximum Gasteiger partial charge on any atom is 0.247 e. The van der Waals surface area contributed by atoms with Gasteiger partial charge in [0.15, 0.2) is 11.2 Å². The predicted octanol–water partition coefficient (Wildman–Crippen LogP) is 2.25. The Labute approximate surface area is 216 Å². The van der Waals surface area contributed by atoms with Gasteiger partial charge in [0.1, 0.15) is 12.2 Å². The Morgan fingerprint density at radius 1 is 1.05 bits per heavy atom. The van der Waals surface area contributed by atoms with Crippen LogP contribution in [0.1, 0.15) is 18.0 Å². The number of hydrogen-bond acceptors (Lipinski definition) is 8. The highest BCUT2D eigenvalue weighted by Gasteiger charge is 2.59. The van der Waals surface area contributed by atoms with Gasteiger partial charge in [-0.2, -0.15) is 9.97 Å². The highest BCUT2D eigenvalue weighted by Crippen LogP contribution is 2.54. The first-order valence-corrected chi connectivity index (χ1v) is 15.5. The molecule has 194 valence electrons. The second-order valence-electron chi connectivity index (χ2n) is 10.4. The zero-order valence-corrected chi connectivity index (χ0v) is 22.0. The van der Waals surface area contributed by atoms with Crippen LogP contribution in [0.5, 0.6) is 5.88 Å². The molecule has 5 rings (SSSR count). The first kappa shape index (κ1) is 25.3. The molecule has 0 unspecified atom stereocenters. The van der Waals surface area contributed by atoms with Gasteiger partial charge in [-0.3, -0.25) is 0 Å². The molecule has 0 saturated heterocycles. The molecule has 37 heavy (non-hydrogen) atoms. The normalized spacial score (nSPS) is 24.0. The number of nitrogens with zero attached hydrogens (tertiary/aromatic N) is 4. The van der Waals surface area contributed by atoms with E-state index in [1.165, 1.54) is 5.19 Å². The Morgan fingerprint density at radius 2 is 1.73 bits per heavy atom. The molecule has 0 spiro atoms. The van der Waals surface area contributed by atoms with Crippen LogP contribution in [-0.4, -0.2) is 61.7 Å². The topological polar surface area (TPSA) is 140 Å². The molecule has 2 heterocycles. The highest BCUT2D eigenvalue weighted by molar-refractivity contribution is 6.91. The number of benzene rings is 2. The smallest absolute Gasteiger partial charge is 0.247 e. The molecule has 4 aromatic rings. The summed E-state index contributed by atoms with van der Waals surface area (Å²) in [5, 5.41) is 34.1. The molecule has 1 fully saturated rings. The van der Waals surface area contributed by atoms with Gasteiger partial charge in [-0.25, -0.2) is 4.98 Å². The van der Waals surface area contributed by atoms with Crippen molar-refractivity contribution in [1.82, 2.24) is 19.5 Å². The van der Waals surface area contributed by atoms with Crippen molar-refractivity contribution in [1.29, 1.82) is 0 Å². The highest BCUT2D eigenvalue weighted by atomic mass is 28.3. The number of imidazole rings is 1. The molecule has 9 nitrogen and oxygen atoms in total. The molecule has 2 aromatic carbocycles. The summed E-state index contributed by atoms with van der Waals surface area (Å²) in [4.78, 5) is 13.2. The third kappa shape index (κ3) is 4.40. The Hall–Kier alpha value is -3.31. The molecule has 1 saturated carbocycles. The number of rotatable bonds is 8. The van der Waals surface area contributed by atoms with Crippen molar-refractivity contribution in [3.05, 3.63) is 72.6 Å². The van der Waals surface area contributed by atoms with Gasteiger partial charge in [0.05, 0.1) is 27.0 Å². The van der Waals surface area contributed by atoms with Crippen molar-refractivity contribution in [2.24, 2.45) is 5.92 Å². The van der Waals surface area contributed by atoms with E-state index in [0.29, 0.717) is 17.6 Å². The van der Waals surface area contributed by atoms with E-state index in [1.807, 2.05) is 48.5 Å². The number of aliphatic hydroxyl groups is 3. The fourth-order valence-corrected chi connectivity index (χ4v) is 9.60. The van der Waals surface area contributed by atoms with Gasteiger partial charge < -0.3 is 30.4 Å². The lowest BCUT2D eigenvalue weighted by Gasteiger charge is -2.38. The van der Waals surface area contributed by atoms with Crippen LogP contribution in [0.4, 0.5) is 5.95 Å². The molecule has 0 amide bonds. The number of fused-ring (bicyclic) bond motifs is 1. The fraction of sp³-hybridized carbons (Fsp3) is 0.370. The van der Waals surface area contributed by atoms with E-state index in [0.717, 1.165) is 5.56 Å². The van der Waals surface area contributed by atoms with Gasteiger partial charge >= 0.3 is 0 Å². The SMILES string of the molecule is C[Si](C)(c1ccccc1)[C@H]1C[C@H](n2cnc3c(OCc4ccccc4)nc(N)nc32)[C@@](O)(CO)[C@@H]1CO. The number of aliphatic hydroxyl groups excluding tert-OH is 2. The number of hydrogen-bond donors (Lipinski definition) is 4. The summed E-state index contributed by atoms with van der Waals surface area (Å²) in [6, 6.07) is 19.4. The van der Waals surface area contributed by atoms with E-state index < -0.39 is 32.2 Å². The number of anilines is 1. The van der Waals surface area contributed by atoms with Crippen molar-refractivity contribution in [3.8, 4) is 5.88 Å². The maximum atomic E-state index is 11.9. The molecule has 1 aliphatic rings. The average Bonchev–Trinajstić information content (AvgIpc) is 3.46. The van der Waals surface area contributed by atoms with Gasteiger partial charge in [0.2, 0.25) is 11.8 Å². The summed E-state index contributed by atoms with van der Waals surface area (Å²) in [5.74, 6) is -0.239. The largest absolute Gasteiger partial charge is 0.471 e. The molecule has 1 aliphatic carbocycles. The van der Waals surface area contributed by atoms with E-state index >= 15 is 0 Å². The predicted molar refractivity (Wildman–Crippen MR) is 144 cm³/mol. The molecule has 4 atom stereocenters. The zero-order valence-electron chi connectivity index (χ0n) is 21.0. The lowest BCUT2D eigenvalue weighted by molar-refractivity contribution is -0.0836. The van der Waals surface area contributed by atoms with E-state index in [-0.39, 0.29) is 30.6 Å². The van der Waals surface area contributed by atoms with E-state index in [1.54, 1.807) is 10.9 Å². The lowest BCUT2D eigenvalue weighted by Crippen LogP contribution is -2.52. The lowest BCUT2D eigenvalue weighted by atomic mass is 9.89. The zero-order chi connectivity index (χ0) is 26.2. The summed E-state index contributed by atoms with van der Waals surface area (Å²) in [6.07, 6.45) is 2.14. The van der Waals surface area contributed by atoms with Crippen LogP contribution in [0.3, 0.4) is 0 Å². The summed E-state index contributed by atoms with van der Waals surface area (Å²) >= 11 is 0. The first-order chi connectivity index (χ1) is 17.8. The Morgan fingerprint density at radius 3 is 2.38 bits per heavy atom. The quantitative estimate of drug-likeness (QED) is 0.260. The third-order valence-corrected chi connectivity index (χ3v) is 12.4. The second kappa shape index (κ2) is 9.86. The minimum Gasteiger partial charge on any atom is -0.471 e. The number of nitrogens with two attached hydrogens (primary N) is 1. The van der Waals surface area contributed by atoms with E-state index in [4.69, 9.17) is 10.5 Å². The molecule has 0 radical (unpaired) electrons. The summed E-state index contributed by atoms with van der Waals surface area (Å²) in [7, 11) is -2.18. The van der Waals surface area contributed by atoms with Crippen LogP contribution in [0, 0.1) is 5.92 Å². The van der Waals surface area contributed by atoms with Gasteiger partial charge in [-0.1, -0.05) is 78.9 Å². The average molecular weight is 520 g/mol. The number of nitrogen functional groups attached to an aromatic ring is 1. The minimum absolute atomic E-state index is 0.00696. The maximum absolute atomic E-state index is 11.9. The monoisotopic (exact) mass is 519 g/mol. The van der Waals surface area contributed by atoms with Gasteiger partial charge in [-0.05, 0) is 17.5 Å². The van der Waals surface area contributed by atoms with E-state index in [2.05, 4.69) is 40.2 Å². The van der Waals surface area contributed by atoms with Gasteiger partial charge in [0.25, 0.3) is 0 Å². The van der Waals surface area contributed by atoms with E-state index in [9.17, 15) is 15.3 Å². The number of aromatic nitrogens is 4. The second-order valence-corrected chi connectivity index (χ2v) is 15.1. The molecular weight excluding hydrogens is 486 g/mol. The van der Waals surface area contributed by atoms with Crippen LogP contribution >= 0.6 is 0 Å². The van der Waals surface area contributed by atoms with Crippen LogP contribution in [0.25, 0.3) is 11.2 Å². The molecular formula is C27H33N5O4Si. The van der Waals surface area contributed by atoms with Crippen LogP contribution < -0.4 is 15.7 Å². The molecule has 0 aliphatic heterocycles. The molecule has 2 aromatic heterocycles. The van der Waals surface area contributed by atoms with Crippen LogP contribution in [0.2, 0.25) is 18.6 Å². The Balaban J connectivity index is 1.54. The standard InChI is InChI=1S/C27H33N5O4Si/c1-37(2,19-11-7-4-8-12-19)21-13-22(27(35,16-34)20(21)14-33)32-17-29-23-24(32)30-26(28)31-25(23)36-15-18-9-5-3-6-10-18/h3-12,17,20-22,33-35H,13-16H2,1-2H3,(H2,28,30,31)/t20-,21+,22+,27-/m1/s1. The fourth-order valence-electron chi connectivity index (χ4n) is 5.91. The summed E-state index contributed by atoms with van der Waals surface area (Å²) < 4.78 is 7.73. The van der Waals surface area contributed by atoms with Crippen molar-refractivity contribution in [3.63, 3.8) is 0 Å². The Bertz CT molecular complexity index is 1370. The van der Waals surface area contributed by atoms with Crippen molar-refractivity contribution < 1.29 is 20.1 Å². The first-order valence-electron chi connectivity index (χ1n) is 12.5. The molecule has 0 bridgehead atoms. The summed E-state index contributed by atoms with van der Waals surface area (Å²) in [5.41, 5.74) is 6.30.